The minimum atomic E-state index is -0.0537. The fourth-order valence-electron chi connectivity index (χ4n) is 3.52. The van der Waals surface area contributed by atoms with Crippen LogP contribution in [0.3, 0.4) is 0 Å². The number of rotatable bonds is 6. The molecule has 0 radical (unpaired) electrons. The molecule has 0 unspecified atom stereocenters. The fourth-order valence-corrected chi connectivity index (χ4v) is 3.52. The third-order valence-electron chi connectivity index (χ3n) is 5.07. The summed E-state index contributed by atoms with van der Waals surface area (Å²) in [6, 6.07) is 16.5. The van der Waals surface area contributed by atoms with Crippen LogP contribution in [0.25, 0.3) is 0 Å². The van der Waals surface area contributed by atoms with Crippen molar-refractivity contribution in [1.82, 2.24) is 0 Å². The van der Waals surface area contributed by atoms with Gasteiger partial charge in [-0.05, 0) is 62.1 Å². The molecular formula is C22H29N3O2. The summed E-state index contributed by atoms with van der Waals surface area (Å²) < 4.78 is 11.2. The molecular weight excluding hydrogens is 338 g/mol. The molecule has 3 N–H and O–H groups in total. The van der Waals surface area contributed by atoms with Gasteiger partial charge in [0, 0.05) is 24.3 Å². The third kappa shape index (κ3) is 5.01. The Labute approximate surface area is 161 Å². The number of hydrogen-bond donors (Lipinski definition) is 2. The summed E-state index contributed by atoms with van der Waals surface area (Å²) in [6.45, 7) is 6.84. The van der Waals surface area contributed by atoms with Crippen LogP contribution in [-0.4, -0.2) is 32.3 Å². The van der Waals surface area contributed by atoms with Crippen LogP contribution in [0, 0.1) is 6.92 Å². The highest BCUT2D eigenvalue weighted by molar-refractivity contribution is 5.92. The summed E-state index contributed by atoms with van der Waals surface area (Å²) in [4.78, 5) is 4.68. The largest absolute Gasteiger partial charge is 0.494 e. The lowest BCUT2D eigenvalue weighted by atomic mass is 9.74. The Balaban J connectivity index is 1.76. The van der Waals surface area contributed by atoms with Crippen molar-refractivity contribution in [1.29, 1.82) is 0 Å². The van der Waals surface area contributed by atoms with Crippen molar-refractivity contribution < 1.29 is 9.47 Å². The summed E-state index contributed by atoms with van der Waals surface area (Å²) in [6.07, 6.45) is 1.87. The van der Waals surface area contributed by atoms with E-state index in [-0.39, 0.29) is 5.41 Å². The molecule has 0 atom stereocenters. The van der Waals surface area contributed by atoms with Crippen molar-refractivity contribution in [3.63, 3.8) is 0 Å². The molecule has 3 rings (SSSR count). The number of guanidine groups is 1. The Kier molecular flexibility index (Phi) is 6.35. The maximum Gasteiger partial charge on any atom is 0.193 e. The van der Waals surface area contributed by atoms with Crippen LogP contribution in [0.4, 0.5) is 5.69 Å². The number of nitrogens with one attached hydrogen (secondary N) is 1. The van der Waals surface area contributed by atoms with Crippen molar-refractivity contribution in [2.45, 2.75) is 32.1 Å². The number of aliphatic imine (C=N–C) groups is 1. The topological polar surface area (TPSA) is 68.9 Å². The van der Waals surface area contributed by atoms with Crippen molar-refractivity contribution in [2.24, 2.45) is 10.7 Å². The molecule has 0 aliphatic carbocycles. The lowest BCUT2D eigenvalue weighted by Gasteiger charge is -2.36. The number of ether oxygens (including phenoxy) is 2. The molecule has 0 aromatic heterocycles. The van der Waals surface area contributed by atoms with Gasteiger partial charge in [-0.15, -0.1) is 0 Å². The third-order valence-corrected chi connectivity index (χ3v) is 5.07. The summed E-state index contributed by atoms with van der Waals surface area (Å²) in [5, 5.41) is 3.19. The van der Waals surface area contributed by atoms with Crippen molar-refractivity contribution in [3.05, 3.63) is 59.7 Å². The summed E-state index contributed by atoms with van der Waals surface area (Å²) in [7, 11) is 0. The van der Waals surface area contributed by atoms with Gasteiger partial charge in [0.1, 0.15) is 5.75 Å². The first-order valence-corrected chi connectivity index (χ1v) is 9.56. The van der Waals surface area contributed by atoms with Gasteiger partial charge < -0.3 is 20.5 Å². The van der Waals surface area contributed by atoms with Crippen LogP contribution >= 0.6 is 0 Å². The predicted octanol–water partition coefficient (Wildman–Crippen LogP) is 3.87. The fraction of sp³-hybridized carbons (Fsp3) is 0.409. The van der Waals surface area contributed by atoms with Crippen molar-refractivity contribution in [2.75, 3.05) is 31.7 Å². The van der Waals surface area contributed by atoms with Crippen LogP contribution in [0.5, 0.6) is 5.75 Å². The minimum absolute atomic E-state index is 0.0537. The van der Waals surface area contributed by atoms with E-state index in [0.29, 0.717) is 19.1 Å². The molecule has 1 aliphatic rings. The Morgan fingerprint density at radius 1 is 1.19 bits per heavy atom. The molecule has 0 saturated carbocycles. The van der Waals surface area contributed by atoms with E-state index in [1.807, 2.05) is 31.2 Å². The van der Waals surface area contributed by atoms with Crippen LogP contribution in [-0.2, 0) is 10.2 Å². The van der Waals surface area contributed by atoms with Gasteiger partial charge in [-0.1, -0.05) is 24.3 Å². The van der Waals surface area contributed by atoms with E-state index in [2.05, 4.69) is 41.5 Å². The Bertz CT molecular complexity index is 765. The lowest BCUT2D eigenvalue weighted by Crippen LogP contribution is -2.38. The highest BCUT2D eigenvalue weighted by Gasteiger charge is 2.34. The second-order valence-corrected chi connectivity index (χ2v) is 7.05. The predicted molar refractivity (Wildman–Crippen MR) is 111 cm³/mol. The van der Waals surface area contributed by atoms with Gasteiger partial charge in [0.15, 0.2) is 5.96 Å². The minimum Gasteiger partial charge on any atom is -0.494 e. The van der Waals surface area contributed by atoms with E-state index < -0.39 is 0 Å². The molecule has 5 heteroatoms. The zero-order chi connectivity index (χ0) is 19.1. The van der Waals surface area contributed by atoms with Crippen molar-refractivity contribution in [3.8, 4) is 5.75 Å². The first-order chi connectivity index (χ1) is 13.1. The smallest absolute Gasteiger partial charge is 0.193 e. The van der Waals surface area contributed by atoms with E-state index in [0.717, 1.165) is 37.5 Å². The van der Waals surface area contributed by atoms with Crippen LogP contribution in [0.2, 0.25) is 0 Å². The molecule has 5 nitrogen and oxygen atoms in total. The zero-order valence-corrected chi connectivity index (χ0v) is 16.2. The van der Waals surface area contributed by atoms with E-state index >= 15 is 0 Å². The van der Waals surface area contributed by atoms with Gasteiger partial charge in [-0.25, -0.2) is 0 Å². The maximum absolute atomic E-state index is 6.16. The Morgan fingerprint density at radius 2 is 1.93 bits per heavy atom. The van der Waals surface area contributed by atoms with Crippen LogP contribution < -0.4 is 15.8 Å². The van der Waals surface area contributed by atoms with Gasteiger partial charge in [0.25, 0.3) is 0 Å². The van der Waals surface area contributed by atoms with Gasteiger partial charge in [0.05, 0.1) is 13.2 Å². The Morgan fingerprint density at radius 3 is 2.59 bits per heavy atom. The SMILES string of the molecule is CCOc1ccc(C2(CN=C(N)Nc3cccc(C)c3)CCOCC2)cc1. The summed E-state index contributed by atoms with van der Waals surface area (Å²) in [5.41, 5.74) is 9.51. The quantitative estimate of drug-likeness (QED) is 0.601. The van der Waals surface area contributed by atoms with Crippen LogP contribution in [0.1, 0.15) is 30.9 Å². The van der Waals surface area contributed by atoms with E-state index in [1.165, 1.54) is 11.1 Å². The molecule has 1 aliphatic heterocycles. The molecule has 144 valence electrons. The molecule has 0 spiro atoms. The normalized spacial score (nSPS) is 16.7. The lowest BCUT2D eigenvalue weighted by molar-refractivity contribution is 0.0531. The highest BCUT2D eigenvalue weighted by atomic mass is 16.5. The maximum atomic E-state index is 6.16. The van der Waals surface area contributed by atoms with E-state index in [1.54, 1.807) is 0 Å². The van der Waals surface area contributed by atoms with Gasteiger partial charge in [-0.3, -0.25) is 4.99 Å². The van der Waals surface area contributed by atoms with Gasteiger partial charge >= 0.3 is 0 Å². The van der Waals surface area contributed by atoms with E-state index in [9.17, 15) is 0 Å². The van der Waals surface area contributed by atoms with Gasteiger partial charge in [0.2, 0.25) is 0 Å². The summed E-state index contributed by atoms with van der Waals surface area (Å²) >= 11 is 0. The van der Waals surface area contributed by atoms with E-state index in [4.69, 9.17) is 15.2 Å². The summed E-state index contributed by atoms with van der Waals surface area (Å²) in [5.74, 6) is 1.34. The molecule has 2 aromatic rings. The first-order valence-electron chi connectivity index (χ1n) is 9.56. The van der Waals surface area contributed by atoms with Gasteiger partial charge in [-0.2, -0.15) is 0 Å². The molecule has 1 heterocycles. The standard InChI is InChI=1S/C22H29N3O2/c1-3-27-20-9-7-18(8-10-20)22(11-13-26-14-12-22)16-24-21(23)25-19-6-4-5-17(2)15-19/h4-10,15H,3,11-14,16H2,1-2H3,(H3,23,24,25). The second-order valence-electron chi connectivity index (χ2n) is 7.05. The first kappa shape index (κ1) is 19.2. The van der Waals surface area contributed by atoms with Crippen molar-refractivity contribution >= 4 is 11.6 Å². The number of aryl methyl sites for hydroxylation is 1. The highest BCUT2D eigenvalue weighted by Crippen LogP contribution is 2.36. The number of nitrogens with zero attached hydrogens (tertiary/aromatic N) is 1. The molecule has 1 saturated heterocycles. The zero-order valence-electron chi connectivity index (χ0n) is 16.2. The Hall–Kier alpha value is -2.53. The number of benzene rings is 2. The number of nitrogens with two attached hydrogens (primary N) is 1. The average Bonchev–Trinajstić information content (AvgIpc) is 2.68. The number of anilines is 1. The monoisotopic (exact) mass is 367 g/mol. The molecule has 0 bridgehead atoms. The molecule has 1 fully saturated rings. The van der Waals surface area contributed by atoms with Crippen LogP contribution in [0.15, 0.2) is 53.5 Å². The molecule has 27 heavy (non-hydrogen) atoms. The molecule has 0 amide bonds. The number of hydrogen-bond acceptors (Lipinski definition) is 3. The second kappa shape index (κ2) is 8.91. The molecule has 2 aromatic carbocycles. The average molecular weight is 367 g/mol.